The number of hydrogen-bond donors (Lipinski definition) is 2. The Hall–Kier alpha value is -1.10. The maximum absolute atomic E-state index is 12.0. The van der Waals surface area contributed by atoms with Gasteiger partial charge in [-0.05, 0) is 12.8 Å². The Morgan fingerprint density at radius 2 is 2.35 bits per heavy atom. The highest BCUT2D eigenvalue weighted by molar-refractivity contribution is 5.88. The molecule has 1 atom stereocenters. The van der Waals surface area contributed by atoms with Crippen LogP contribution in [0.2, 0.25) is 0 Å². The molecular formula is C12H21N3O2. The molecule has 0 radical (unpaired) electrons. The molecule has 2 fully saturated rings. The number of carbonyl (C=O) groups is 2. The Morgan fingerprint density at radius 3 is 2.82 bits per heavy atom. The first-order valence-electron chi connectivity index (χ1n) is 6.50. The Labute approximate surface area is 102 Å². The predicted octanol–water partition coefficient (Wildman–Crippen LogP) is -0.277. The van der Waals surface area contributed by atoms with Crippen molar-refractivity contribution in [2.75, 3.05) is 26.2 Å². The zero-order chi connectivity index (χ0) is 12.3. The number of likely N-dealkylation sites (tertiary alicyclic amines) is 1. The van der Waals surface area contributed by atoms with Crippen molar-refractivity contribution in [2.45, 2.75) is 32.2 Å². The first-order chi connectivity index (χ1) is 8.22. The van der Waals surface area contributed by atoms with Crippen LogP contribution < -0.4 is 10.6 Å². The Balaban J connectivity index is 1.83. The lowest BCUT2D eigenvalue weighted by Crippen LogP contribution is -2.52. The van der Waals surface area contributed by atoms with E-state index in [0.29, 0.717) is 18.8 Å². The van der Waals surface area contributed by atoms with Gasteiger partial charge in [0, 0.05) is 38.5 Å². The van der Waals surface area contributed by atoms with E-state index in [-0.39, 0.29) is 17.9 Å². The number of amides is 2. The van der Waals surface area contributed by atoms with Gasteiger partial charge in [-0.2, -0.15) is 0 Å². The Kier molecular flexibility index (Phi) is 3.99. The molecule has 17 heavy (non-hydrogen) atoms. The first-order valence-corrected chi connectivity index (χ1v) is 6.50. The van der Waals surface area contributed by atoms with E-state index in [2.05, 4.69) is 10.6 Å². The third kappa shape index (κ3) is 2.77. The normalized spacial score (nSPS) is 22.4. The monoisotopic (exact) mass is 239 g/mol. The first kappa shape index (κ1) is 12.4. The summed E-state index contributed by atoms with van der Waals surface area (Å²) >= 11 is 0. The zero-order valence-corrected chi connectivity index (χ0v) is 10.4. The van der Waals surface area contributed by atoms with Gasteiger partial charge in [0.05, 0.1) is 0 Å². The number of hydrogen-bond acceptors (Lipinski definition) is 3. The van der Waals surface area contributed by atoms with Gasteiger partial charge in [-0.3, -0.25) is 9.59 Å². The van der Waals surface area contributed by atoms with E-state index in [9.17, 15) is 9.59 Å². The lowest BCUT2D eigenvalue weighted by atomic mass is 10.0. The summed E-state index contributed by atoms with van der Waals surface area (Å²) < 4.78 is 0. The molecule has 0 aromatic carbocycles. The van der Waals surface area contributed by atoms with E-state index >= 15 is 0 Å². The minimum atomic E-state index is -0.266. The van der Waals surface area contributed by atoms with Crippen molar-refractivity contribution in [1.82, 2.24) is 15.5 Å². The van der Waals surface area contributed by atoms with Gasteiger partial charge in [0.2, 0.25) is 11.8 Å². The number of nitrogens with zero attached hydrogens (tertiary/aromatic N) is 1. The highest BCUT2D eigenvalue weighted by Crippen LogP contribution is 2.16. The molecule has 2 rings (SSSR count). The van der Waals surface area contributed by atoms with Crippen molar-refractivity contribution in [3.05, 3.63) is 0 Å². The molecule has 0 aromatic rings. The smallest absolute Gasteiger partial charge is 0.242 e. The van der Waals surface area contributed by atoms with Crippen LogP contribution >= 0.6 is 0 Å². The topological polar surface area (TPSA) is 61.4 Å². The molecule has 2 heterocycles. The van der Waals surface area contributed by atoms with E-state index < -0.39 is 0 Å². The number of nitrogens with one attached hydrogen (secondary N) is 2. The van der Waals surface area contributed by atoms with E-state index in [1.807, 2.05) is 6.92 Å². The second-order valence-corrected chi connectivity index (χ2v) is 4.88. The van der Waals surface area contributed by atoms with Crippen LogP contribution in [0, 0.1) is 5.92 Å². The van der Waals surface area contributed by atoms with Crippen LogP contribution in [0.5, 0.6) is 0 Å². The molecule has 2 aliphatic rings. The lowest BCUT2D eigenvalue weighted by molar-refractivity contribution is -0.137. The van der Waals surface area contributed by atoms with Crippen molar-refractivity contribution >= 4 is 11.8 Å². The van der Waals surface area contributed by atoms with Crippen LogP contribution in [-0.4, -0.2) is 48.9 Å². The molecule has 1 unspecified atom stereocenters. The van der Waals surface area contributed by atoms with Crippen molar-refractivity contribution in [3.63, 3.8) is 0 Å². The standard InChI is InChI=1S/C12H21N3O2/c1-2-10(15-5-3-4-11(15)16)12(17)14-8-9-6-13-7-9/h9-10,13H,2-8H2,1H3,(H,14,17). The van der Waals surface area contributed by atoms with Gasteiger partial charge in [-0.15, -0.1) is 0 Å². The molecule has 2 saturated heterocycles. The molecule has 2 aliphatic heterocycles. The van der Waals surface area contributed by atoms with Crippen molar-refractivity contribution in [2.24, 2.45) is 5.92 Å². The molecule has 2 N–H and O–H groups in total. The molecule has 5 nitrogen and oxygen atoms in total. The average molecular weight is 239 g/mol. The minimum Gasteiger partial charge on any atom is -0.354 e. The van der Waals surface area contributed by atoms with Gasteiger partial charge in [-0.25, -0.2) is 0 Å². The van der Waals surface area contributed by atoms with Crippen molar-refractivity contribution < 1.29 is 9.59 Å². The second kappa shape index (κ2) is 5.49. The molecule has 0 aliphatic carbocycles. The van der Waals surface area contributed by atoms with Gasteiger partial charge in [0.25, 0.3) is 0 Å². The third-order valence-corrected chi connectivity index (χ3v) is 3.61. The van der Waals surface area contributed by atoms with Crippen LogP contribution in [0.1, 0.15) is 26.2 Å². The maximum Gasteiger partial charge on any atom is 0.242 e. The van der Waals surface area contributed by atoms with Crippen LogP contribution in [0.4, 0.5) is 0 Å². The lowest BCUT2D eigenvalue weighted by Gasteiger charge is -2.30. The van der Waals surface area contributed by atoms with E-state index in [1.165, 1.54) is 0 Å². The van der Waals surface area contributed by atoms with E-state index in [1.54, 1.807) is 4.90 Å². The maximum atomic E-state index is 12.0. The Morgan fingerprint density at radius 1 is 1.59 bits per heavy atom. The van der Waals surface area contributed by atoms with Crippen molar-refractivity contribution in [3.8, 4) is 0 Å². The SMILES string of the molecule is CCC(C(=O)NCC1CNC1)N1CCCC1=O. The molecule has 2 amide bonds. The molecule has 96 valence electrons. The zero-order valence-electron chi connectivity index (χ0n) is 10.4. The molecule has 5 heteroatoms. The summed E-state index contributed by atoms with van der Waals surface area (Å²) in [5.41, 5.74) is 0. The average Bonchev–Trinajstić information content (AvgIpc) is 2.64. The van der Waals surface area contributed by atoms with Crippen molar-refractivity contribution in [1.29, 1.82) is 0 Å². The van der Waals surface area contributed by atoms with Gasteiger partial charge >= 0.3 is 0 Å². The summed E-state index contributed by atoms with van der Waals surface area (Å²) in [6, 6.07) is -0.266. The van der Waals surface area contributed by atoms with Gasteiger partial charge < -0.3 is 15.5 Å². The fourth-order valence-electron chi connectivity index (χ4n) is 2.40. The fraction of sp³-hybridized carbons (Fsp3) is 0.833. The van der Waals surface area contributed by atoms with Crippen LogP contribution in [-0.2, 0) is 9.59 Å². The fourth-order valence-corrected chi connectivity index (χ4v) is 2.40. The van der Waals surface area contributed by atoms with E-state index in [0.717, 1.165) is 32.6 Å². The summed E-state index contributed by atoms with van der Waals surface area (Å²) in [6.07, 6.45) is 2.17. The highest BCUT2D eigenvalue weighted by atomic mass is 16.2. The summed E-state index contributed by atoms with van der Waals surface area (Å²) in [6.45, 7) is 5.39. The second-order valence-electron chi connectivity index (χ2n) is 4.88. The summed E-state index contributed by atoms with van der Waals surface area (Å²) in [5, 5.41) is 6.13. The van der Waals surface area contributed by atoms with Gasteiger partial charge in [-0.1, -0.05) is 6.92 Å². The summed E-state index contributed by atoms with van der Waals surface area (Å²) in [4.78, 5) is 25.4. The Bertz CT molecular complexity index is 302. The minimum absolute atomic E-state index is 0.00894. The van der Waals surface area contributed by atoms with E-state index in [4.69, 9.17) is 0 Å². The third-order valence-electron chi connectivity index (χ3n) is 3.61. The summed E-state index contributed by atoms with van der Waals surface area (Å²) in [7, 11) is 0. The molecule has 0 spiro atoms. The largest absolute Gasteiger partial charge is 0.354 e. The van der Waals surface area contributed by atoms with Crippen LogP contribution in [0.25, 0.3) is 0 Å². The number of carbonyl (C=O) groups excluding carboxylic acids is 2. The molecule has 0 bridgehead atoms. The number of rotatable bonds is 5. The quantitative estimate of drug-likeness (QED) is 0.694. The predicted molar refractivity (Wildman–Crippen MR) is 64.4 cm³/mol. The molecular weight excluding hydrogens is 218 g/mol. The highest BCUT2D eigenvalue weighted by Gasteiger charge is 2.31. The summed E-state index contributed by atoms with van der Waals surface area (Å²) in [5.74, 6) is 0.692. The molecule has 0 aromatic heterocycles. The molecule has 0 saturated carbocycles. The van der Waals surface area contributed by atoms with Gasteiger partial charge in [0.1, 0.15) is 6.04 Å². The van der Waals surface area contributed by atoms with Crippen LogP contribution in [0.3, 0.4) is 0 Å². The van der Waals surface area contributed by atoms with Gasteiger partial charge in [0.15, 0.2) is 0 Å². The van der Waals surface area contributed by atoms with Crippen LogP contribution in [0.15, 0.2) is 0 Å².